The molecule has 4 nitrogen and oxygen atoms in total. The van der Waals surface area contributed by atoms with Crippen LogP contribution in [-0.2, 0) is 14.3 Å². The Morgan fingerprint density at radius 3 is 2.68 bits per heavy atom. The molecule has 102 valence electrons. The number of carbonyl (C=O) groups excluding carboxylic acids is 1. The van der Waals surface area contributed by atoms with E-state index < -0.39 is 0 Å². The summed E-state index contributed by atoms with van der Waals surface area (Å²) in [7, 11) is 2.16. The summed E-state index contributed by atoms with van der Waals surface area (Å²) in [5.41, 5.74) is 0.721. The van der Waals surface area contributed by atoms with Gasteiger partial charge in [0.2, 0.25) is 0 Å². The number of epoxide rings is 1. The van der Waals surface area contributed by atoms with Crippen molar-refractivity contribution in [2.75, 3.05) is 7.05 Å². The highest BCUT2D eigenvalue weighted by molar-refractivity contribution is 5.91. The van der Waals surface area contributed by atoms with Crippen molar-refractivity contribution in [2.24, 2.45) is 0 Å². The summed E-state index contributed by atoms with van der Waals surface area (Å²) in [5, 5.41) is 0. The van der Waals surface area contributed by atoms with Crippen LogP contribution in [-0.4, -0.2) is 48.3 Å². The van der Waals surface area contributed by atoms with E-state index in [0.717, 1.165) is 31.3 Å². The predicted molar refractivity (Wildman–Crippen MR) is 69.6 cm³/mol. The fourth-order valence-corrected chi connectivity index (χ4v) is 3.78. The molecule has 0 saturated carbocycles. The lowest BCUT2D eigenvalue weighted by Gasteiger charge is -2.37. The van der Waals surface area contributed by atoms with E-state index in [1.54, 1.807) is 0 Å². The van der Waals surface area contributed by atoms with Gasteiger partial charge in [-0.05, 0) is 19.9 Å². The molecule has 4 heteroatoms. The Kier molecular flexibility index (Phi) is 2.57. The second-order valence-corrected chi connectivity index (χ2v) is 6.00. The molecule has 2 bridgehead atoms. The number of likely N-dealkylation sites (N-methyl/N-ethyl adjacent to an activating group) is 1. The molecule has 19 heavy (non-hydrogen) atoms. The van der Waals surface area contributed by atoms with Gasteiger partial charge >= 0.3 is 5.97 Å². The third-order valence-corrected chi connectivity index (χ3v) is 4.88. The Balaban J connectivity index is 1.41. The van der Waals surface area contributed by atoms with Gasteiger partial charge in [-0.1, -0.05) is 18.2 Å². The van der Waals surface area contributed by atoms with Crippen molar-refractivity contribution in [3.05, 3.63) is 23.8 Å². The van der Waals surface area contributed by atoms with Crippen LogP contribution in [0.25, 0.3) is 0 Å². The number of hydrogen-bond donors (Lipinski definition) is 0. The number of allylic oxidation sites excluding steroid dienone is 2. The lowest BCUT2D eigenvalue weighted by molar-refractivity contribution is -0.148. The molecule has 4 rings (SSSR count). The first-order valence-corrected chi connectivity index (χ1v) is 7.19. The van der Waals surface area contributed by atoms with Crippen LogP contribution in [0.1, 0.15) is 25.7 Å². The van der Waals surface area contributed by atoms with Gasteiger partial charge in [0, 0.05) is 24.9 Å². The first kappa shape index (κ1) is 11.7. The standard InChI is InChI=1S/C15H19NO3/c1-16-11-7-10(8-12(16)14-13(11)19-14)18-15(17)9-5-3-2-4-6-9/h3,5-6,10-14H,2,4,7-8H2,1H3/t10?,11?,12?,13-,14+. The molecule has 0 aromatic carbocycles. The van der Waals surface area contributed by atoms with Crippen molar-refractivity contribution in [3.63, 3.8) is 0 Å². The summed E-state index contributed by atoms with van der Waals surface area (Å²) in [4.78, 5) is 14.5. The van der Waals surface area contributed by atoms with Crippen LogP contribution in [0, 0.1) is 0 Å². The van der Waals surface area contributed by atoms with E-state index in [2.05, 4.69) is 11.9 Å². The van der Waals surface area contributed by atoms with Crippen molar-refractivity contribution >= 4 is 5.97 Å². The molecular weight excluding hydrogens is 242 g/mol. The normalized spacial score (nSPS) is 43.6. The zero-order chi connectivity index (χ0) is 13.0. The highest BCUT2D eigenvalue weighted by Gasteiger charge is 2.62. The number of esters is 1. The first-order valence-electron chi connectivity index (χ1n) is 7.19. The van der Waals surface area contributed by atoms with Crippen LogP contribution < -0.4 is 0 Å². The van der Waals surface area contributed by atoms with Gasteiger partial charge in [0.05, 0.1) is 5.57 Å². The highest BCUT2D eigenvalue weighted by Crippen LogP contribution is 2.48. The lowest BCUT2D eigenvalue weighted by atomic mass is 9.99. The number of rotatable bonds is 2. The van der Waals surface area contributed by atoms with E-state index in [1.807, 2.05) is 18.2 Å². The smallest absolute Gasteiger partial charge is 0.338 e. The van der Waals surface area contributed by atoms with E-state index in [4.69, 9.17) is 9.47 Å². The van der Waals surface area contributed by atoms with Crippen molar-refractivity contribution in [1.29, 1.82) is 0 Å². The number of ether oxygens (including phenoxy) is 2. The molecule has 3 unspecified atom stereocenters. The lowest BCUT2D eigenvalue weighted by Crippen LogP contribution is -2.47. The molecule has 3 heterocycles. The summed E-state index contributed by atoms with van der Waals surface area (Å²) >= 11 is 0. The van der Waals surface area contributed by atoms with E-state index in [9.17, 15) is 4.79 Å². The van der Waals surface area contributed by atoms with Gasteiger partial charge in [0.25, 0.3) is 0 Å². The topological polar surface area (TPSA) is 42.1 Å². The number of nitrogens with zero attached hydrogens (tertiary/aromatic N) is 1. The molecular formula is C15H19NO3. The molecule has 0 amide bonds. The van der Waals surface area contributed by atoms with Crippen molar-refractivity contribution in [3.8, 4) is 0 Å². The summed E-state index contributed by atoms with van der Waals surface area (Å²) in [5.74, 6) is -0.153. The average molecular weight is 261 g/mol. The molecule has 0 N–H and O–H groups in total. The first-order chi connectivity index (χ1) is 9.24. The molecule has 3 aliphatic heterocycles. The number of carbonyl (C=O) groups is 1. The quantitative estimate of drug-likeness (QED) is 0.557. The van der Waals surface area contributed by atoms with E-state index in [0.29, 0.717) is 24.3 Å². The third-order valence-electron chi connectivity index (χ3n) is 4.88. The molecule has 0 radical (unpaired) electrons. The van der Waals surface area contributed by atoms with Crippen LogP contribution in [0.4, 0.5) is 0 Å². The average Bonchev–Trinajstić information content (AvgIpc) is 3.18. The monoisotopic (exact) mass is 261 g/mol. The molecule has 0 aromatic heterocycles. The number of piperidine rings is 1. The van der Waals surface area contributed by atoms with Gasteiger partial charge in [-0.25, -0.2) is 4.79 Å². The predicted octanol–water partition coefficient (Wildman–Crippen LogP) is 1.42. The van der Waals surface area contributed by atoms with Gasteiger partial charge in [0.15, 0.2) is 0 Å². The van der Waals surface area contributed by atoms with Crippen LogP contribution in [0.15, 0.2) is 23.8 Å². The van der Waals surface area contributed by atoms with Crippen molar-refractivity contribution < 1.29 is 14.3 Å². The molecule has 3 fully saturated rings. The zero-order valence-electron chi connectivity index (χ0n) is 11.1. The summed E-state index contributed by atoms with van der Waals surface area (Å²) in [6, 6.07) is 0.884. The van der Waals surface area contributed by atoms with E-state index in [1.165, 1.54) is 0 Å². The Morgan fingerprint density at radius 2 is 2.05 bits per heavy atom. The Hall–Kier alpha value is -1.13. The van der Waals surface area contributed by atoms with Gasteiger partial charge in [-0.3, -0.25) is 4.90 Å². The van der Waals surface area contributed by atoms with E-state index >= 15 is 0 Å². The van der Waals surface area contributed by atoms with Crippen molar-refractivity contribution in [1.82, 2.24) is 4.90 Å². The SMILES string of the molecule is CN1C2CC(OC(=O)C3=CCCC=C3)CC1[C@@H]1O[C@H]21. The minimum atomic E-state index is -0.153. The summed E-state index contributed by atoms with van der Waals surface area (Å²) in [6.45, 7) is 0. The van der Waals surface area contributed by atoms with Crippen molar-refractivity contribution in [2.45, 2.75) is 56.1 Å². The maximum atomic E-state index is 12.1. The van der Waals surface area contributed by atoms with Gasteiger partial charge in [-0.2, -0.15) is 0 Å². The van der Waals surface area contributed by atoms with Gasteiger partial charge < -0.3 is 9.47 Å². The fraction of sp³-hybridized carbons (Fsp3) is 0.667. The second-order valence-electron chi connectivity index (χ2n) is 6.00. The molecule has 3 saturated heterocycles. The summed E-state index contributed by atoms with van der Waals surface area (Å²) in [6.07, 6.45) is 10.5. The Morgan fingerprint density at radius 1 is 1.32 bits per heavy atom. The maximum Gasteiger partial charge on any atom is 0.338 e. The van der Waals surface area contributed by atoms with Crippen LogP contribution in [0.3, 0.4) is 0 Å². The largest absolute Gasteiger partial charge is 0.459 e. The summed E-state index contributed by atoms with van der Waals surface area (Å²) < 4.78 is 11.3. The number of fused-ring (bicyclic) bond motifs is 5. The number of hydrogen-bond acceptors (Lipinski definition) is 4. The fourth-order valence-electron chi connectivity index (χ4n) is 3.78. The minimum absolute atomic E-state index is 0.0614. The minimum Gasteiger partial charge on any atom is -0.459 e. The van der Waals surface area contributed by atoms with Gasteiger partial charge in [-0.15, -0.1) is 0 Å². The Bertz CT molecular complexity index is 452. The molecule has 0 aromatic rings. The van der Waals surface area contributed by atoms with E-state index in [-0.39, 0.29) is 12.1 Å². The molecule has 5 atom stereocenters. The van der Waals surface area contributed by atoms with Gasteiger partial charge in [0.1, 0.15) is 18.3 Å². The third kappa shape index (κ3) is 1.85. The molecule has 0 spiro atoms. The van der Waals surface area contributed by atoms with Crippen LogP contribution >= 0.6 is 0 Å². The molecule has 4 aliphatic rings. The number of morpholine rings is 1. The maximum absolute atomic E-state index is 12.1. The highest BCUT2D eigenvalue weighted by atomic mass is 16.6. The van der Waals surface area contributed by atoms with Crippen LogP contribution in [0.2, 0.25) is 0 Å². The Labute approximate surface area is 113 Å². The molecule has 1 aliphatic carbocycles. The second kappa shape index (κ2) is 4.18. The zero-order valence-corrected chi connectivity index (χ0v) is 11.1. The van der Waals surface area contributed by atoms with Crippen LogP contribution in [0.5, 0.6) is 0 Å².